The van der Waals surface area contributed by atoms with Crippen LogP contribution in [0.3, 0.4) is 0 Å². The van der Waals surface area contributed by atoms with Gasteiger partial charge < -0.3 is 10.1 Å². The first-order valence-corrected chi connectivity index (χ1v) is 13.7. The Hall–Kier alpha value is -6.46. The van der Waals surface area contributed by atoms with Crippen molar-refractivity contribution in [3.63, 3.8) is 0 Å². The van der Waals surface area contributed by atoms with Gasteiger partial charge in [0.25, 0.3) is 22.7 Å². The molecular formula is C30H23F3N6O9. The highest BCUT2D eigenvalue weighted by Crippen LogP contribution is 2.29. The predicted molar refractivity (Wildman–Crippen MR) is 161 cm³/mol. The van der Waals surface area contributed by atoms with Crippen LogP contribution in [0.25, 0.3) is 11.4 Å². The van der Waals surface area contributed by atoms with Crippen LogP contribution in [0.15, 0.2) is 89.9 Å². The number of carbonyl (C=O) groups is 3. The minimum atomic E-state index is -5.35. The summed E-state index contributed by atoms with van der Waals surface area (Å²) in [6.07, 6.45) is -6.25. The minimum Gasteiger partial charge on any atom is -0.444 e. The van der Waals surface area contributed by atoms with Gasteiger partial charge >= 0.3 is 12.3 Å². The number of carbonyl (C=O) groups excluding carboxylic acids is 3. The van der Waals surface area contributed by atoms with Crippen LogP contribution in [-0.2, 0) is 33.9 Å². The summed E-state index contributed by atoms with van der Waals surface area (Å²) in [4.78, 5) is 76.5. The van der Waals surface area contributed by atoms with Crippen LogP contribution in [0.2, 0.25) is 0 Å². The summed E-state index contributed by atoms with van der Waals surface area (Å²) in [5.41, 5.74) is -2.87. The van der Waals surface area contributed by atoms with Crippen LogP contribution < -0.4 is 16.2 Å². The number of anilines is 1. The first-order valence-electron chi connectivity index (χ1n) is 13.7. The van der Waals surface area contributed by atoms with E-state index in [1.807, 2.05) is 5.32 Å². The Balaban J connectivity index is 1.72. The molecule has 0 radical (unpaired) electrons. The zero-order valence-corrected chi connectivity index (χ0v) is 24.4. The van der Waals surface area contributed by atoms with E-state index in [0.717, 1.165) is 18.3 Å². The lowest BCUT2D eigenvalue weighted by atomic mass is 10.0. The molecule has 0 aliphatic rings. The number of ketones is 1. The maximum atomic E-state index is 13.6. The highest BCUT2D eigenvalue weighted by Gasteiger charge is 2.44. The quantitative estimate of drug-likeness (QED) is 0.161. The van der Waals surface area contributed by atoms with E-state index in [1.54, 1.807) is 36.4 Å². The molecule has 1 unspecified atom stereocenters. The summed E-state index contributed by atoms with van der Waals surface area (Å²) < 4.78 is 45.9. The summed E-state index contributed by atoms with van der Waals surface area (Å²) in [7, 11) is 0. The number of nitrogens with zero attached hydrogens (tertiary/aromatic N) is 4. The van der Waals surface area contributed by atoms with Gasteiger partial charge in [0.1, 0.15) is 30.7 Å². The van der Waals surface area contributed by atoms with E-state index in [1.165, 1.54) is 24.3 Å². The van der Waals surface area contributed by atoms with E-state index in [0.29, 0.717) is 16.2 Å². The topological polar surface area (TPSA) is 206 Å². The van der Waals surface area contributed by atoms with Gasteiger partial charge in [-0.1, -0.05) is 60.7 Å². The third kappa shape index (κ3) is 8.83. The second-order valence-corrected chi connectivity index (χ2v) is 10.00. The lowest BCUT2D eigenvalue weighted by Gasteiger charge is -2.20. The molecule has 1 atom stereocenters. The Labute approximate surface area is 267 Å². The third-order valence-electron chi connectivity index (χ3n) is 6.59. The number of aromatic nitrogens is 2. The number of amides is 2. The molecule has 0 spiro atoms. The van der Waals surface area contributed by atoms with Gasteiger partial charge in [0, 0.05) is 24.1 Å². The van der Waals surface area contributed by atoms with Crippen molar-refractivity contribution < 1.29 is 42.1 Å². The number of benzene rings is 3. The van der Waals surface area contributed by atoms with E-state index in [4.69, 9.17) is 4.74 Å². The van der Waals surface area contributed by atoms with E-state index < -0.39 is 86.8 Å². The normalized spacial score (nSPS) is 11.6. The number of nitro groups is 2. The molecule has 3 aromatic carbocycles. The van der Waals surface area contributed by atoms with Gasteiger partial charge in [0.2, 0.25) is 5.91 Å². The van der Waals surface area contributed by atoms with Gasteiger partial charge in [0.15, 0.2) is 0 Å². The molecule has 2 amide bonds. The van der Waals surface area contributed by atoms with Crippen LogP contribution in [0.4, 0.5) is 35.0 Å². The molecule has 1 heterocycles. The molecule has 2 N–H and O–H groups in total. The fourth-order valence-electron chi connectivity index (χ4n) is 4.40. The van der Waals surface area contributed by atoms with Crippen molar-refractivity contribution >= 4 is 34.8 Å². The van der Waals surface area contributed by atoms with E-state index in [9.17, 15) is 52.6 Å². The molecule has 18 heteroatoms. The first kappa shape index (κ1) is 34.4. The number of nitrogens with one attached hydrogen (secondary N) is 2. The van der Waals surface area contributed by atoms with Gasteiger partial charge in [-0.3, -0.25) is 44.5 Å². The van der Waals surface area contributed by atoms with Crippen LogP contribution >= 0.6 is 0 Å². The predicted octanol–water partition coefficient (Wildman–Crippen LogP) is 4.33. The minimum absolute atomic E-state index is 0.206. The third-order valence-corrected chi connectivity index (χ3v) is 6.59. The maximum absolute atomic E-state index is 13.6. The number of nitro benzene ring substituents is 2. The molecule has 0 bridgehead atoms. The lowest BCUT2D eigenvalue weighted by Crippen LogP contribution is -2.49. The average Bonchev–Trinajstić information content (AvgIpc) is 3.05. The number of hydrogen-bond donors (Lipinski definition) is 2. The van der Waals surface area contributed by atoms with E-state index in [2.05, 4.69) is 10.3 Å². The first-order chi connectivity index (χ1) is 22.7. The highest BCUT2D eigenvalue weighted by atomic mass is 19.4. The Kier molecular flexibility index (Phi) is 10.6. The molecule has 4 aromatic rings. The summed E-state index contributed by atoms with van der Waals surface area (Å²) in [5.74, 6) is -4.15. The van der Waals surface area contributed by atoms with Crippen LogP contribution in [0.5, 0.6) is 0 Å². The number of Topliss-reactive ketones (excluding diaryl/α,β-unsaturated/α-hetero) is 1. The summed E-state index contributed by atoms with van der Waals surface area (Å²) >= 11 is 0. The zero-order valence-electron chi connectivity index (χ0n) is 24.4. The van der Waals surface area contributed by atoms with Crippen molar-refractivity contribution in [3.8, 4) is 11.4 Å². The maximum Gasteiger partial charge on any atom is 0.452 e. The van der Waals surface area contributed by atoms with Crippen LogP contribution in [-0.4, -0.2) is 49.4 Å². The standard InChI is InChI=1S/C30H23F3N6O9/c31-30(32,33)26(41)23(11-18-7-3-1-4-8-18)35-25(40)16-37-27(20-12-21(38(44)45)14-22(13-20)39(46)47)34-15-24(28(37)42)36-29(43)48-17-19-9-5-2-6-10-19/h1-10,12-15,23H,11,16-17H2,(H,35,40)(H,36,43). The number of alkyl halides is 3. The average molecular weight is 669 g/mol. The number of hydrogen-bond acceptors (Lipinski definition) is 10. The number of halogens is 3. The van der Waals surface area contributed by atoms with E-state index >= 15 is 0 Å². The van der Waals surface area contributed by atoms with Crippen LogP contribution in [0.1, 0.15) is 11.1 Å². The van der Waals surface area contributed by atoms with E-state index in [-0.39, 0.29) is 12.2 Å². The van der Waals surface area contributed by atoms with Gasteiger partial charge in [-0.05, 0) is 11.1 Å². The van der Waals surface area contributed by atoms with Crippen molar-refractivity contribution in [2.24, 2.45) is 0 Å². The Bertz CT molecular complexity index is 1890. The van der Waals surface area contributed by atoms with Gasteiger partial charge in [-0.15, -0.1) is 0 Å². The largest absolute Gasteiger partial charge is 0.452 e. The molecule has 1 aromatic heterocycles. The zero-order chi connectivity index (χ0) is 35.0. The molecule has 0 saturated carbocycles. The summed E-state index contributed by atoms with van der Waals surface area (Å²) in [6.45, 7) is -1.34. The second kappa shape index (κ2) is 14.8. The van der Waals surface area contributed by atoms with Crippen molar-refractivity contribution in [3.05, 3.63) is 127 Å². The van der Waals surface area contributed by atoms with Crippen LogP contribution in [0, 0.1) is 20.2 Å². The number of ether oxygens (including phenoxy) is 1. The molecule has 4 rings (SSSR count). The smallest absolute Gasteiger partial charge is 0.444 e. The second-order valence-electron chi connectivity index (χ2n) is 10.00. The van der Waals surface area contributed by atoms with Gasteiger partial charge in [0.05, 0.1) is 22.1 Å². The SMILES string of the molecule is O=C(Cn1c(-c2cc([N+](=O)[O-])cc([N+](=O)[O-])c2)ncc(NC(=O)OCc2ccccc2)c1=O)NC(Cc1ccccc1)C(=O)C(F)(F)F. The molecule has 0 saturated heterocycles. The summed E-state index contributed by atoms with van der Waals surface area (Å²) in [6, 6.07) is 16.0. The monoisotopic (exact) mass is 668 g/mol. The molecule has 0 fully saturated rings. The van der Waals surface area contributed by atoms with Crippen molar-refractivity contribution in [1.29, 1.82) is 0 Å². The van der Waals surface area contributed by atoms with Crippen molar-refractivity contribution in [2.45, 2.75) is 31.8 Å². The fourth-order valence-corrected chi connectivity index (χ4v) is 4.40. The molecule has 0 aliphatic heterocycles. The van der Waals surface area contributed by atoms with Crippen molar-refractivity contribution in [1.82, 2.24) is 14.9 Å². The van der Waals surface area contributed by atoms with Gasteiger partial charge in [-0.2, -0.15) is 13.2 Å². The number of non-ortho nitro benzene ring substituents is 2. The molecule has 0 aliphatic carbocycles. The highest BCUT2D eigenvalue weighted by molar-refractivity contribution is 5.93. The Morgan fingerprint density at radius 3 is 2.00 bits per heavy atom. The molecule has 248 valence electrons. The van der Waals surface area contributed by atoms with Gasteiger partial charge in [-0.25, -0.2) is 9.78 Å². The molecule has 48 heavy (non-hydrogen) atoms. The lowest BCUT2D eigenvalue weighted by molar-refractivity contribution is -0.394. The Morgan fingerprint density at radius 2 is 1.46 bits per heavy atom. The molecule has 15 nitrogen and oxygen atoms in total. The Morgan fingerprint density at radius 1 is 0.896 bits per heavy atom. The van der Waals surface area contributed by atoms with Crippen molar-refractivity contribution in [2.75, 3.05) is 5.32 Å². The molecular weight excluding hydrogens is 645 g/mol. The summed E-state index contributed by atoms with van der Waals surface area (Å²) in [5, 5.41) is 27.1. The number of rotatable bonds is 12. The fraction of sp³-hybridized carbons (Fsp3) is 0.167.